The van der Waals surface area contributed by atoms with E-state index in [0.717, 1.165) is 85.0 Å². The smallest absolute Gasteiger partial charge is 0.408 e. The molecule has 0 fully saturated rings. The van der Waals surface area contributed by atoms with Crippen molar-refractivity contribution in [3.63, 3.8) is 0 Å². The number of likely N-dealkylation sites (N-methyl/N-ethyl adjacent to an activating group) is 1. The van der Waals surface area contributed by atoms with E-state index in [0.29, 0.717) is 0 Å². The molecule has 8 aromatic carbocycles. The average Bonchev–Trinajstić information content (AvgIpc) is 0.746. The van der Waals surface area contributed by atoms with Gasteiger partial charge < -0.3 is 103 Å². The maximum Gasteiger partial charge on any atom is 0.408 e. The van der Waals surface area contributed by atoms with Crippen molar-refractivity contribution in [1.29, 1.82) is 0 Å². The summed E-state index contributed by atoms with van der Waals surface area (Å²) in [5.74, 6) is -14.2. The summed E-state index contributed by atoms with van der Waals surface area (Å²) in [6, 6.07) is 15.4. The average molecular weight is 1490 g/mol. The second-order valence-electron chi connectivity index (χ2n) is 26.8. The number of hydrogen-bond acceptors (Lipinski definition) is 20. The molecule has 16 N–H and O–H groups in total. The molecule has 6 aliphatic heterocycles. The van der Waals surface area contributed by atoms with Crippen LogP contribution in [-0.4, -0.2) is 108 Å². The number of alkyl carbamates (subject to hydrolysis) is 1. The number of phenolic OH excluding ortho intramolecular Hbond substituents is 6. The van der Waals surface area contributed by atoms with Crippen molar-refractivity contribution in [1.82, 2.24) is 47.9 Å². The Balaban J connectivity index is 1.04. The van der Waals surface area contributed by atoms with Crippen molar-refractivity contribution in [2.24, 2.45) is 0 Å². The van der Waals surface area contributed by atoms with Crippen LogP contribution in [0.5, 0.6) is 69.0 Å². The van der Waals surface area contributed by atoms with Crippen molar-refractivity contribution >= 4 is 70.6 Å². The lowest BCUT2D eigenvalue weighted by atomic mass is 9.87. The number of aromatic hydroxyl groups is 6. The number of nitrogens with one attached hydrogen (secondary N) is 9. The van der Waals surface area contributed by atoms with E-state index >= 15 is 24.0 Å². The third-order valence-electron chi connectivity index (χ3n) is 18.1. The van der Waals surface area contributed by atoms with Gasteiger partial charge >= 0.3 is 6.09 Å². The molecule has 0 saturated heterocycles. The van der Waals surface area contributed by atoms with Gasteiger partial charge in [0.1, 0.15) is 94.2 Å². The summed E-state index contributed by atoms with van der Waals surface area (Å²) in [5.41, 5.74) is -1.07. The molecule has 6 heterocycles. The Morgan fingerprint density at radius 1 is 0.557 bits per heavy atom. The molecule has 8 aromatic rings. The predicted molar refractivity (Wildman–Crippen MR) is 382 cm³/mol. The molecule has 17 bridgehead atoms. The molecule has 106 heavy (non-hydrogen) atoms. The normalized spacial score (nSPS) is 20.0. The van der Waals surface area contributed by atoms with E-state index in [2.05, 4.69) is 54.8 Å². The number of carbonyl (C=O) groups is 8. The highest BCUT2D eigenvalue weighted by Gasteiger charge is 2.42. The van der Waals surface area contributed by atoms with Crippen LogP contribution >= 0.6 is 23.2 Å². The number of ether oxygens (including phenoxy) is 4. The zero-order valence-electron chi connectivity index (χ0n) is 57.3. The summed E-state index contributed by atoms with van der Waals surface area (Å²) < 4.78 is 24.3. The monoisotopic (exact) mass is 1490 g/mol. The highest BCUT2D eigenvalue weighted by Crippen LogP contribution is 2.49. The number of phenols is 6. The second kappa shape index (κ2) is 30.4. The first-order chi connectivity index (χ1) is 50.5. The SMILES string of the molecule is CCCCc1ccc(CNCc2c(O)cc3c(c2O)-c2cc(ccc2O)[C@H]2NC(=O)[C@@H]4NC(=O)[C@H]5NC(=O)[C@@H](Cc6ccc(c(Cl)c6)Oc6cc4cc(c6O)Oc4ccc(cc4Cl)[C@@H](O)[C@H](NC2=O)C(=O)N[C@@H]3C(=O)NC)NC(=O)[C@@H](NC(=O)OC(C)(C)C)c2ccc(O)c(c2)Oc2cc(O)cc5c2)cc1. The number of rotatable bonds is 9. The maximum atomic E-state index is 16.2. The first kappa shape index (κ1) is 73.8. The lowest BCUT2D eigenvalue weighted by molar-refractivity contribution is -0.137. The van der Waals surface area contributed by atoms with Crippen molar-refractivity contribution in [2.75, 3.05) is 7.05 Å². The van der Waals surface area contributed by atoms with Crippen LogP contribution in [0.1, 0.15) is 132 Å². The number of aliphatic hydroxyl groups is 1. The summed E-state index contributed by atoms with van der Waals surface area (Å²) in [5, 5.41) is 107. The molecule has 28 nitrogen and oxygen atoms in total. The van der Waals surface area contributed by atoms with E-state index in [1.54, 1.807) is 20.8 Å². The Labute approximate surface area is 615 Å². The van der Waals surface area contributed by atoms with E-state index in [1.807, 2.05) is 24.3 Å². The van der Waals surface area contributed by atoms with Gasteiger partial charge in [0.15, 0.2) is 23.0 Å². The molecule has 30 heteroatoms. The highest BCUT2D eigenvalue weighted by molar-refractivity contribution is 6.32. The van der Waals surface area contributed by atoms with E-state index in [1.165, 1.54) is 61.6 Å². The molecule has 0 aliphatic carbocycles. The standard InChI is InChI=1S/C76H73Cl2N9O19/c1-6-7-8-34-9-11-35(12-10-34)32-80-33-46-52(91)31-45-58(66(46)93)44-25-37(14-17-50(44)89)59-71(98)86-64(74(101)85-63(45)69(96)79-5)65(92)39-16-20-54(48(78)26-39)105-57-29-41-28-56(67(57)94)104-53-19-13-36(21-47(53)77)22-49-68(95)82-61(72(99)84-62(41)73(100)83-59)40-23-42(88)30-43(24-40)103-55-27-38(15-18-51(55)90)60(70(97)81-49)87-75(102)106-76(2,3)4/h9-21,23-31,49,59-65,80,88-94H,6-8,22,32-33H2,1-5H3,(H,79,96)(H,81,97)(H,82,95)(H,83,100)(H,84,99)(H,85,101)(H,86,98)(H,87,102)/t49-,59-,60+,61+,62-,63+,64+,65-/m1/s1. The van der Waals surface area contributed by atoms with Crippen LogP contribution in [0.4, 0.5) is 4.79 Å². The zero-order chi connectivity index (χ0) is 75.7. The van der Waals surface area contributed by atoms with Crippen LogP contribution in [0, 0.1) is 0 Å². The van der Waals surface area contributed by atoms with Gasteiger partial charge in [0.05, 0.1) is 15.6 Å². The number of aliphatic hydroxyl groups excluding tert-OH is 1. The third-order valence-corrected chi connectivity index (χ3v) is 18.7. The number of benzene rings is 8. The van der Waals surface area contributed by atoms with Gasteiger partial charge in [0.2, 0.25) is 47.1 Å². The van der Waals surface area contributed by atoms with E-state index in [4.69, 9.17) is 42.1 Å². The molecule has 6 aliphatic rings. The quantitative estimate of drug-likeness (QED) is 0.0641. The Morgan fingerprint density at radius 3 is 1.82 bits per heavy atom. The van der Waals surface area contributed by atoms with Crippen LogP contribution in [0.3, 0.4) is 0 Å². The van der Waals surface area contributed by atoms with Gasteiger partial charge in [-0.1, -0.05) is 85.1 Å². The number of fused-ring (bicyclic) bond motifs is 14. The minimum atomic E-state index is -2.22. The fraction of sp³-hybridized carbons (Fsp3) is 0.263. The lowest BCUT2D eigenvalue weighted by Crippen LogP contribution is -2.56. The molecule has 0 radical (unpaired) electrons. The van der Waals surface area contributed by atoms with Gasteiger partial charge in [0.25, 0.3) is 0 Å². The van der Waals surface area contributed by atoms with E-state index in [-0.39, 0.29) is 102 Å². The van der Waals surface area contributed by atoms with Gasteiger partial charge in [-0.3, -0.25) is 33.6 Å². The van der Waals surface area contributed by atoms with Crippen molar-refractivity contribution in [3.05, 3.63) is 199 Å². The van der Waals surface area contributed by atoms with E-state index < -0.39 is 154 Å². The number of aryl methyl sites for hydroxylation is 1. The summed E-state index contributed by atoms with van der Waals surface area (Å²) in [4.78, 5) is 121. The first-order valence-corrected chi connectivity index (χ1v) is 34.3. The maximum absolute atomic E-state index is 16.2. The van der Waals surface area contributed by atoms with Crippen molar-refractivity contribution in [2.45, 2.75) is 120 Å². The van der Waals surface area contributed by atoms with Crippen LogP contribution < -0.4 is 62.1 Å². The van der Waals surface area contributed by atoms with Crippen molar-refractivity contribution in [3.8, 4) is 80.1 Å². The molecule has 0 aromatic heterocycles. The molecular weight excluding hydrogens is 1410 g/mol. The topological polar surface area (TPSA) is 423 Å². The Bertz CT molecular complexity index is 4880. The molecule has 14 rings (SSSR count). The van der Waals surface area contributed by atoms with Gasteiger partial charge in [-0.05, 0) is 163 Å². The Hall–Kier alpha value is -12.0. The van der Waals surface area contributed by atoms with Gasteiger partial charge in [-0.2, -0.15) is 0 Å². The summed E-state index contributed by atoms with van der Waals surface area (Å²) in [6.07, 6.45) is -0.734. The fourth-order valence-corrected chi connectivity index (χ4v) is 13.2. The number of unbranched alkanes of at least 4 members (excludes halogenated alkanes) is 1. The molecular formula is C76H73Cl2N9O19. The first-order valence-electron chi connectivity index (χ1n) is 33.6. The van der Waals surface area contributed by atoms with E-state index in [9.17, 15) is 50.1 Å². The lowest BCUT2D eigenvalue weighted by Gasteiger charge is -2.32. The van der Waals surface area contributed by atoms with Crippen LogP contribution in [0.15, 0.2) is 133 Å². The molecule has 550 valence electrons. The molecule has 0 saturated carbocycles. The Morgan fingerprint density at radius 2 is 1.16 bits per heavy atom. The number of halogens is 2. The number of amides is 8. The second-order valence-corrected chi connectivity index (χ2v) is 27.6. The minimum Gasteiger partial charge on any atom is -0.508 e. The van der Waals surface area contributed by atoms with Gasteiger partial charge in [0, 0.05) is 43.8 Å². The van der Waals surface area contributed by atoms with Crippen LogP contribution in [0.25, 0.3) is 11.1 Å². The summed E-state index contributed by atoms with van der Waals surface area (Å²) >= 11 is 14.0. The Kier molecular flexibility index (Phi) is 21.1. The number of hydrogen-bond donors (Lipinski definition) is 16. The third kappa shape index (κ3) is 15.9. The molecule has 8 atom stereocenters. The zero-order valence-corrected chi connectivity index (χ0v) is 58.9. The van der Waals surface area contributed by atoms with Crippen molar-refractivity contribution < 1.29 is 93.0 Å². The molecule has 0 unspecified atom stereocenters. The molecule has 0 spiro atoms. The predicted octanol–water partition coefficient (Wildman–Crippen LogP) is 8.84. The summed E-state index contributed by atoms with van der Waals surface area (Å²) in [6.45, 7) is 6.83. The largest absolute Gasteiger partial charge is 0.508 e. The fourth-order valence-electron chi connectivity index (χ4n) is 12.7. The van der Waals surface area contributed by atoms with Crippen LogP contribution in [-0.2, 0) is 64.2 Å². The van der Waals surface area contributed by atoms with Gasteiger partial charge in [-0.25, -0.2) is 4.79 Å². The minimum absolute atomic E-state index is 0.00477. The summed E-state index contributed by atoms with van der Waals surface area (Å²) in [7, 11) is 1.23. The van der Waals surface area contributed by atoms with Crippen LogP contribution in [0.2, 0.25) is 10.0 Å². The highest BCUT2D eigenvalue weighted by atomic mass is 35.5. The van der Waals surface area contributed by atoms with Gasteiger partial charge in [-0.15, -0.1) is 0 Å². The molecule has 8 amide bonds. The number of carbonyl (C=O) groups excluding carboxylic acids is 8.